The number of carbonyl (C=O) groups is 3. The summed E-state index contributed by atoms with van der Waals surface area (Å²) in [6.45, 7) is 2.11. The van der Waals surface area contributed by atoms with Crippen LogP contribution >= 0.6 is 0 Å². The second-order valence-corrected chi connectivity index (χ2v) is 8.41. The number of carbonyl (C=O) groups excluding carboxylic acids is 3. The fourth-order valence-corrected chi connectivity index (χ4v) is 4.32. The molecule has 0 saturated carbocycles. The molecule has 0 atom stereocenters. The molecule has 0 unspecified atom stereocenters. The summed E-state index contributed by atoms with van der Waals surface area (Å²) in [4.78, 5) is 35.7. The zero-order valence-corrected chi connectivity index (χ0v) is 17.1. The highest BCUT2D eigenvalue weighted by atomic mass is 32.2. The number of piperazine rings is 1. The zero-order chi connectivity index (χ0) is 21.7. The predicted octanol–water partition coefficient (Wildman–Crippen LogP) is 1.24. The van der Waals surface area contributed by atoms with Crippen molar-refractivity contribution in [3.05, 3.63) is 59.7 Å². The fraction of sp³-hybridized carbons (Fsp3) is 0.250. The topological polar surface area (TPSA) is 122 Å². The van der Waals surface area contributed by atoms with Crippen molar-refractivity contribution in [2.45, 2.75) is 11.8 Å². The van der Waals surface area contributed by atoms with Gasteiger partial charge in [-0.25, -0.2) is 13.2 Å². The van der Waals surface area contributed by atoms with Crippen molar-refractivity contribution in [1.82, 2.24) is 9.62 Å². The molecular weight excluding hydrogens is 410 g/mol. The van der Waals surface area contributed by atoms with E-state index < -0.39 is 21.9 Å². The van der Waals surface area contributed by atoms with Crippen LogP contribution < -0.4 is 10.6 Å². The van der Waals surface area contributed by atoms with Gasteiger partial charge in [0, 0.05) is 24.3 Å². The molecular formula is C20H21N3O6S. The summed E-state index contributed by atoms with van der Waals surface area (Å²) in [5.41, 5.74) is 0.939. The minimum atomic E-state index is -3.90. The predicted molar refractivity (Wildman–Crippen MR) is 109 cm³/mol. The Morgan fingerprint density at radius 2 is 1.87 bits per heavy atom. The highest BCUT2D eigenvalue weighted by Crippen LogP contribution is 2.19. The average molecular weight is 431 g/mol. The number of benzene rings is 2. The zero-order valence-electron chi connectivity index (χ0n) is 16.3. The molecule has 2 N–H and O–H groups in total. The van der Waals surface area contributed by atoms with E-state index in [4.69, 9.17) is 4.74 Å². The van der Waals surface area contributed by atoms with Crippen LogP contribution in [-0.2, 0) is 19.6 Å². The number of esters is 1. The van der Waals surface area contributed by atoms with E-state index in [9.17, 15) is 22.8 Å². The van der Waals surface area contributed by atoms with Crippen LogP contribution in [0, 0.1) is 0 Å². The lowest BCUT2D eigenvalue weighted by atomic mass is 10.2. The highest BCUT2D eigenvalue weighted by Gasteiger charge is 2.29. The van der Waals surface area contributed by atoms with E-state index >= 15 is 0 Å². The molecule has 0 bridgehead atoms. The molecule has 1 saturated heterocycles. The van der Waals surface area contributed by atoms with Gasteiger partial charge in [0.1, 0.15) is 0 Å². The SMILES string of the molecule is CCOC(=O)c1ccc(NC(=O)c2cccc(S(=O)(=O)N3CCNC(=O)C3)c2)cc1. The Bertz CT molecular complexity index is 1070. The summed E-state index contributed by atoms with van der Waals surface area (Å²) in [6, 6.07) is 11.8. The first-order valence-electron chi connectivity index (χ1n) is 9.26. The Morgan fingerprint density at radius 3 is 2.53 bits per heavy atom. The van der Waals surface area contributed by atoms with Crippen molar-refractivity contribution in [2.24, 2.45) is 0 Å². The minimum absolute atomic E-state index is 0.0671. The Kier molecular flexibility index (Phi) is 6.48. The van der Waals surface area contributed by atoms with E-state index in [0.717, 1.165) is 4.31 Å². The van der Waals surface area contributed by atoms with Crippen molar-refractivity contribution >= 4 is 33.5 Å². The summed E-state index contributed by atoms with van der Waals surface area (Å²) in [5.74, 6) is -1.34. The standard InChI is InChI=1S/C20H21N3O6S/c1-2-29-20(26)14-6-8-16(9-7-14)22-19(25)15-4-3-5-17(12-15)30(27,28)23-11-10-21-18(24)13-23/h3-9,12H,2,10-11,13H2,1H3,(H,21,24)(H,22,25). The maximum Gasteiger partial charge on any atom is 0.338 e. The first-order chi connectivity index (χ1) is 14.3. The summed E-state index contributed by atoms with van der Waals surface area (Å²) in [6.07, 6.45) is 0. The first-order valence-corrected chi connectivity index (χ1v) is 10.7. The molecule has 10 heteroatoms. The maximum absolute atomic E-state index is 12.8. The van der Waals surface area contributed by atoms with E-state index in [1.807, 2.05) is 0 Å². The molecule has 158 valence electrons. The van der Waals surface area contributed by atoms with Crippen molar-refractivity contribution in [3.63, 3.8) is 0 Å². The molecule has 3 rings (SSSR count). The summed E-state index contributed by atoms with van der Waals surface area (Å²) in [7, 11) is -3.90. The molecule has 1 heterocycles. The molecule has 1 fully saturated rings. The van der Waals surface area contributed by atoms with Crippen LogP contribution in [0.25, 0.3) is 0 Å². The van der Waals surface area contributed by atoms with E-state index in [0.29, 0.717) is 11.3 Å². The minimum Gasteiger partial charge on any atom is -0.462 e. The Hall–Kier alpha value is -3.24. The molecule has 30 heavy (non-hydrogen) atoms. The number of sulfonamides is 1. The second kappa shape index (κ2) is 9.06. The van der Waals surface area contributed by atoms with E-state index in [2.05, 4.69) is 10.6 Å². The van der Waals surface area contributed by atoms with E-state index in [1.165, 1.54) is 36.4 Å². The van der Waals surface area contributed by atoms with E-state index in [1.54, 1.807) is 19.1 Å². The molecule has 0 spiro atoms. The van der Waals surface area contributed by atoms with Gasteiger partial charge < -0.3 is 15.4 Å². The molecule has 2 aromatic carbocycles. The number of nitrogens with zero attached hydrogens (tertiary/aromatic N) is 1. The molecule has 9 nitrogen and oxygen atoms in total. The van der Waals surface area contributed by atoms with Gasteiger partial charge >= 0.3 is 5.97 Å². The number of anilines is 1. The van der Waals surface area contributed by atoms with Gasteiger partial charge in [-0.05, 0) is 49.4 Å². The third-order valence-corrected chi connectivity index (χ3v) is 6.23. The Morgan fingerprint density at radius 1 is 1.13 bits per heavy atom. The molecule has 2 amide bonds. The van der Waals surface area contributed by atoms with Gasteiger partial charge in [0.05, 0.1) is 23.6 Å². The largest absolute Gasteiger partial charge is 0.462 e. The van der Waals surface area contributed by atoms with Gasteiger partial charge in [-0.3, -0.25) is 9.59 Å². The van der Waals surface area contributed by atoms with Gasteiger partial charge in [0.15, 0.2) is 0 Å². The van der Waals surface area contributed by atoms with Gasteiger partial charge in [-0.1, -0.05) is 6.07 Å². The average Bonchev–Trinajstić information content (AvgIpc) is 2.74. The summed E-state index contributed by atoms with van der Waals surface area (Å²) >= 11 is 0. The van der Waals surface area contributed by atoms with Gasteiger partial charge in [-0.2, -0.15) is 4.31 Å². The molecule has 0 aromatic heterocycles. The first kappa shape index (κ1) is 21.5. The number of amides is 2. The van der Waals surface area contributed by atoms with Crippen LogP contribution in [0.3, 0.4) is 0 Å². The normalized spacial score (nSPS) is 14.6. The van der Waals surface area contributed by atoms with E-state index in [-0.39, 0.29) is 42.6 Å². The number of rotatable bonds is 6. The monoisotopic (exact) mass is 431 g/mol. The van der Waals surface area contributed by atoms with Crippen molar-refractivity contribution in [1.29, 1.82) is 0 Å². The van der Waals surface area contributed by atoms with Crippen molar-refractivity contribution < 1.29 is 27.5 Å². The number of ether oxygens (including phenoxy) is 1. The second-order valence-electron chi connectivity index (χ2n) is 6.47. The molecule has 0 aliphatic carbocycles. The summed E-state index contributed by atoms with van der Waals surface area (Å²) in [5, 5.41) is 5.23. The van der Waals surface area contributed by atoms with Gasteiger partial charge in [0.25, 0.3) is 5.91 Å². The quantitative estimate of drug-likeness (QED) is 0.664. The number of hydrogen-bond acceptors (Lipinski definition) is 6. The Balaban J connectivity index is 1.74. The van der Waals surface area contributed by atoms with Crippen molar-refractivity contribution in [2.75, 3.05) is 31.6 Å². The highest BCUT2D eigenvalue weighted by molar-refractivity contribution is 7.89. The summed E-state index contributed by atoms with van der Waals surface area (Å²) < 4.78 is 31.6. The maximum atomic E-state index is 12.8. The lowest BCUT2D eigenvalue weighted by Gasteiger charge is -2.26. The van der Waals surface area contributed by atoms with Gasteiger partial charge in [-0.15, -0.1) is 0 Å². The van der Waals surface area contributed by atoms with Crippen LogP contribution in [0.5, 0.6) is 0 Å². The lowest BCUT2D eigenvalue weighted by Crippen LogP contribution is -2.49. The fourth-order valence-electron chi connectivity index (χ4n) is 2.87. The molecule has 1 aliphatic heterocycles. The van der Waals surface area contributed by atoms with Gasteiger partial charge in [0.2, 0.25) is 15.9 Å². The molecule has 2 aromatic rings. The van der Waals surface area contributed by atoms with Crippen LogP contribution in [0.2, 0.25) is 0 Å². The lowest BCUT2D eigenvalue weighted by molar-refractivity contribution is -0.122. The number of nitrogens with one attached hydrogen (secondary N) is 2. The molecule has 0 radical (unpaired) electrons. The number of hydrogen-bond donors (Lipinski definition) is 2. The van der Waals surface area contributed by atoms with Crippen molar-refractivity contribution in [3.8, 4) is 0 Å². The molecule has 1 aliphatic rings. The smallest absolute Gasteiger partial charge is 0.338 e. The van der Waals surface area contributed by atoms with Crippen LogP contribution in [0.15, 0.2) is 53.4 Å². The van der Waals surface area contributed by atoms with Crippen LogP contribution in [0.1, 0.15) is 27.6 Å². The van der Waals surface area contributed by atoms with Crippen LogP contribution in [-0.4, -0.2) is 56.7 Å². The third-order valence-electron chi connectivity index (χ3n) is 4.39. The van der Waals surface area contributed by atoms with Crippen LogP contribution in [0.4, 0.5) is 5.69 Å². The third kappa shape index (κ3) is 4.84. The Labute approximate surface area is 174 Å².